The SMILES string of the molecule is O=C(CC[C@H]1NC(=O)c2ccccc2NC1=O)Nc1ccc(F)c(F)c1F. The summed E-state index contributed by atoms with van der Waals surface area (Å²) in [6.07, 6.45) is -0.324. The van der Waals surface area contributed by atoms with E-state index in [1.807, 2.05) is 0 Å². The summed E-state index contributed by atoms with van der Waals surface area (Å²) in [6.45, 7) is 0. The second-order valence-corrected chi connectivity index (χ2v) is 5.87. The van der Waals surface area contributed by atoms with Crippen LogP contribution in [0.15, 0.2) is 36.4 Å². The largest absolute Gasteiger partial charge is 0.340 e. The highest BCUT2D eigenvalue weighted by Gasteiger charge is 2.28. The molecule has 3 N–H and O–H groups in total. The fraction of sp³-hybridized carbons (Fsp3) is 0.167. The molecule has 9 heteroatoms. The van der Waals surface area contributed by atoms with E-state index in [4.69, 9.17) is 0 Å². The van der Waals surface area contributed by atoms with Gasteiger partial charge in [-0.2, -0.15) is 0 Å². The topological polar surface area (TPSA) is 87.3 Å². The lowest BCUT2D eigenvalue weighted by Crippen LogP contribution is -2.41. The maximum atomic E-state index is 13.6. The van der Waals surface area contributed by atoms with Gasteiger partial charge in [-0.15, -0.1) is 0 Å². The van der Waals surface area contributed by atoms with Crippen molar-refractivity contribution in [3.8, 4) is 0 Å². The molecule has 0 saturated carbocycles. The number of halogens is 3. The van der Waals surface area contributed by atoms with E-state index in [0.29, 0.717) is 17.3 Å². The smallest absolute Gasteiger partial charge is 0.254 e. The first kappa shape index (κ1) is 18.4. The maximum absolute atomic E-state index is 13.6. The number of para-hydroxylation sites is 1. The number of anilines is 2. The van der Waals surface area contributed by atoms with Gasteiger partial charge in [-0.1, -0.05) is 12.1 Å². The van der Waals surface area contributed by atoms with Crippen molar-refractivity contribution in [2.24, 2.45) is 0 Å². The number of nitrogens with one attached hydrogen (secondary N) is 3. The molecule has 0 radical (unpaired) electrons. The van der Waals surface area contributed by atoms with Crippen LogP contribution in [0.25, 0.3) is 0 Å². The third-order valence-electron chi connectivity index (χ3n) is 4.02. The number of rotatable bonds is 4. The number of carbonyl (C=O) groups excluding carboxylic acids is 3. The minimum absolute atomic E-state index is 0.0668. The van der Waals surface area contributed by atoms with Crippen LogP contribution < -0.4 is 16.0 Å². The molecule has 1 atom stereocenters. The molecule has 0 bridgehead atoms. The third-order valence-corrected chi connectivity index (χ3v) is 4.02. The number of hydrogen-bond donors (Lipinski definition) is 3. The average molecular weight is 377 g/mol. The van der Waals surface area contributed by atoms with Gasteiger partial charge in [0.1, 0.15) is 6.04 Å². The quantitative estimate of drug-likeness (QED) is 0.716. The molecule has 0 spiro atoms. The van der Waals surface area contributed by atoms with E-state index in [2.05, 4.69) is 16.0 Å². The van der Waals surface area contributed by atoms with E-state index >= 15 is 0 Å². The molecule has 6 nitrogen and oxygen atoms in total. The Morgan fingerprint density at radius 2 is 1.78 bits per heavy atom. The van der Waals surface area contributed by atoms with Crippen LogP contribution in [0, 0.1) is 17.5 Å². The van der Waals surface area contributed by atoms with Gasteiger partial charge in [-0.25, -0.2) is 13.2 Å². The molecule has 1 aliphatic heterocycles. The Bertz CT molecular complexity index is 933. The lowest BCUT2D eigenvalue weighted by molar-refractivity contribution is -0.118. The summed E-state index contributed by atoms with van der Waals surface area (Å²) in [6, 6.07) is 7.03. The zero-order chi connectivity index (χ0) is 19.6. The Morgan fingerprint density at radius 3 is 2.56 bits per heavy atom. The van der Waals surface area contributed by atoms with Crippen molar-refractivity contribution in [3.05, 3.63) is 59.4 Å². The van der Waals surface area contributed by atoms with Gasteiger partial charge in [0.05, 0.1) is 16.9 Å². The molecular weight excluding hydrogens is 363 g/mol. The standard InChI is InChI=1S/C18H14F3N3O3/c19-10-5-6-12(16(21)15(10)20)22-14(25)8-7-13-18(27)23-11-4-2-1-3-9(11)17(26)24-13/h1-6,13H,7-8H2,(H,22,25)(H,23,27)(H,24,26)/t13-/m1/s1. The minimum Gasteiger partial charge on any atom is -0.340 e. The van der Waals surface area contributed by atoms with Crippen LogP contribution in [0.3, 0.4) is 0 Å². The van der Waals surface area contributed by atoms with Crippen molar-refractivity contribution >= 4 is 29.1 Å². The Kier molecular flexibility index (Phi) is 5.11. The highest BCUT2D eigenvalue weighted by Crippen LogP contribution is 2.21. The van der Waals surface area contributed by atoms with Crippen molar-refractivity contribution in [3.63, 3.8) is 0 Å². The molecule has 2 aromatic rings. The first-order valence-electron chi connectivity index (χ1n) is 8.01. The molecule has 2 aromatic carbocycles. The van der Waals surface area contributed by atoms with Crippen LogP contribution in [0.2, 0.25) is 0 Å². The van der Waals surface area contributed by atoms with Crippen molar-refractivity contribution in [2.45, 2.75) is 18.9 Å². The molecule has 0 aliphatic carbocycles. The number of hydrogen-bond acceptors (Lipinski definition) is 3. The molecule has 140 valence electrons. The maximum Gasteiger partial charge on any atom is 0.254 e. The molecule has 0 aromatic heterocycles. The summed E-state index contributed by atoms with van der Waals surface area (Å²) in [5, 5.41) is 7.22. The monoisotopic (exact) mass is 377 g/mol. The summed E-state index contributed by atoms with van der Waals surface area (Å²) in [7, 11) is 0. The third kappa shape index (κ3) is 3.91. The number of amides is 3. The number of benzene rings is 2. The minimum atomic E-state index is -1.69. The Morgan fingerprint density at radius 1 is 1.04 bits per heavy atom. The highest BCUT2D eigenvalue weighted by atomic mass is 19.2. The van der Waals surface area contributed by atoms with Crippen LogP contribution in [0.4, 0.5) is 24.5 Å². The van der Waals surface area contributed by atoms with Gasteiger partial charge in [-0.05, 0) is 30.7 Å². The summed E-state index contributed by atoms with van der Waals surface area (Å²) < 4.78 is 39.7. The van der Waals surface area contributed by atoms with E-state index in [1.54, 1.807) is 24.3 Å². The Balaban J connectivity index is 1.63. The van der Waals surface area contributed by atoms with E-state index in [0.717, 1.165) is 6.07 Å². The van der Waals surface area contributed by atoms with Gasteiger partial charge in [0, 0.05) is 6.42 Å². The van der Waals surface area contributed by atoms with Crippen LogP contribution in [-0.4, -0.2) is 23.8 Å². The van der Waals surface area contributed by atoms with Gasteiger partial charge in [0.25, 0.3) is 5.91 Å². The van der Waals surface area contributed by atoms with Crippen molar-refractivity contribution < 1.29 is 27.6 Å². The van der Waals surface area contributed by atoms with Crippen molar-refractivity contribution in [2.75, 3.05) is 10.6 Å². The zero-order valence-corrected chi connectivity index (χ0v) is 13.8. The first-order chi connectivity index (χ1) is 12.9. The lowest BCUT2D eigenvalue weighted by Gasteiger charge is -2.14. The number of carbonyl (C=O) groups is 3. The summed E-state index contributed by atoms with van der Waals surface area (Å²) in [5.74, 6) is -6.27. The molecular formula is C18H14F3N3O3. The summed E-state index contributed by atoms with van der Waals surface area (Å²) >= 11 is 0. The van der Waals surface area contributed by atoms with E-state index in [1.165, 1.54) is 0 Å². The number of fused-ring (bicyclic) bond motifs is 1. The van der Waals surface area contributed by atoms with Crippen molar-refractivity contribution in [1.29, 1.82) is 0 Å². The first-order valence-corrected chi connectivity index (χ1v) is 8.01. The van der Waals surface area contributed by atoms with Gasteiger partial charge in [0.2, 0.25) is 11.8 Å². The fourth-order valence-electron chi connectivity index (χ4n) is 2.63. The second-order valence-electron chi connectivity index (χ2n) is 5.87. The fourth-order valence-corrected chi connectivity index (χ4v) is 2.63. The molecule has 0 unspecified atom stereocenters. The molecule has 1 heterocycles. The van der Waals surface area contributed by atoms with Gasteiger partial charge in [0.15, 0.2) is 17.5 Å². The van der Waals surface area contributed by atoms with E-state index < -0.39 is 46.9 Å². The van der Waals surface area contributed by atoms with Gasteiger partial charge in [-0.3, -0.25) is 14.4 Å². The summed E-state index contributed by atoms with van der Waals surface area (Å²) in [5.41, 5.74) is 0.137. The molecule has 0 saturated heterocycles. The van der Waals surface area contributed by atoms with E-state index in [-0.39, 0.29) is 12.8 Å². The summed E-state index contributed by atoms with van der Waals surface area (Å²) in [4.78, 5) is 36.4. The predicted molar refractivity (Wildman–Crippen MR) is 90.5 cm³/mol. The molecule has 3 rings (SSSR count). The molecule has 0 fully saturated rings. The van der Waals surface area contributed by atoms with E-state index in [9.17, 15) is 27.6 Å². The second kappa shape index (κ2) is 7.48. The molecule has 3 amide bonds. The normalized spacial score (nSPS) is 16.0. The Labute approximate surface area is 151 Å². The Hall–Kier alpha value is -3.36. The average Bonchev–Trinajstić information content (AvgIpc) is 2.77. The van der Waals surface area contributed by atoms with Crippen LogP contribution >= 0.6 is 0 Å². The highest BCUT2D eigenvalue weighted by molar-refractivity contribution is 6.09. The molecule has 27 heavy (non-hydrogen) atoms. The van der Waals surface area contributed by atoms with Gasteiger partial charge < -0.3 is 16.0 Å². The zero-order valence-electron chi connectivity index (χ0n) is 13.8. The van der Waals surface area contributed by atoms with Gasteiger partial charge >= 0.3 is 0 Å². The predicted octanol–water partition coefficient (Wildman–Crippen LogP) is 2.57. The van der Waals surface area contributed by atoms with Crippen molar-refractivity contribution in [1.82, 2.24) is 5.32 Å². The van der Waals surface area contributed by atoms with Crippen LogP contribution in [0.5, 0.6) is 0 Å². The van der Waals surface area contributed by atoms with Crippen LogP contribution in [-0.2, 0) is 9.59 Å². The lowest BCUT2D eigenvalue weighted by atomic mass is 10.1. The molecule has 1 aliphatic rings. The van der Waals surface area contributed by atoms with Crippen LogP contribution in [0.1, 0.15) is 23.2 Å².